The molecule has 0 atom stereocenters. The molecule has 0 amide bonds. The molecular formula is C18H16O5. The summed E-state index contributed by atoms with van der Waals surface area (Å²) < 4.78 is 9.66. The van der Waals surface area contributed by atoms with E-state index in [-0.39, 0.29) is 18.4 Å². The number of ketones is 1. The maximum Gasteiger partial charge on any atom is 0.308 e. The van der Waals surface area contributed by atoms with Crippen molar-refractivity contribution in [2.24, 2.45) is 0 Å². The predicted molar refractivity (Wildman–Crippen MR) is 84.2 cm³/mol. The molecule has 5 nitrogen and oxygen atoms in total. The molecule has 0 spiro atoms. The number of rotatable bonds is 5. The van der Waals surface area contributed by atoms with Gasteiger partial charge < -0.3 is 9.47 Å². The highest BCUT2D eigenvalue weighted by atomic mass is 16.5. The quantitative estimate of drug-likeness (QED) is 0.482. The Morgan fingerprint density at radius 2 is 1.30 bits per heavy atom. The summed E-state index contributed by atoms with van der Waals surface area (Å²) in [6.45, 7) is 2.35. The first-order valence-electron chi connectivity index (χ1n) is 7.01. The Balaban J connectivity index is 2.08. The van der Waals surface area contributed by atoms with Crippen molar-refractivity contribution in [2.45, 2.75) is 13.8 Å². The van der Waals surface area contributed by atoms with E-state index in [9.17, 15) is 14.4 Å². The predicted octanol–water partition coefficient (Wildman–Crippen LogP) is 3.02. The van der Waals surface area contributed by atoms with E-state index in [0.29, 0.717) is 11.3 Å². The molecule has 0 aliphatic rings. The van der Waals surface area contributed by atoms with Crippen LogP contribution in [0, 0.1) is 0 Å². The Morgan fingerprint density at radius 3 is 1.78 bits per heavy atom. The molecule has 5 heteroatoms. The monoisotopic (exact) mass is 312 g/mol. The second-order valence-corrected chi connectivity index (χ2v) is 4.90. The Hall–Kier alpha value is -2.95. The van der Waals surface area contributed by atoms with Gasteiger partial charge in [0.05, 0.1) is 0 Å². The summed E-state index contributed by atoms with van der Waals surface area (Å²) in [5, 5.41) is 0. The van der Waals surface area contributed by atoms with Gasteiger partial charge in [0, 0.05) is 19.4 Å². The van der Waals surface area contributed by atoms with Crippen molar-refractivity contribution >= 4 is 17.7 Å². The Morgan fingerprint density at radius 1 is 0.783 bits per heavy atom. The Labute approximate surface area is 133 Å². The number of carbonyl (C=O) groups is 3. The highest BCUT2D eigenvalue weighted by molar-refractivity contribution is 5.98. The van der Waals surface area contributed by atoms with Crippen molar-refractivity contribution in [3.8, 4) is 16.9 Å². The lowest BCUT2D eigenvalue weighted by atomic mass is 10.0. The van der Waals surface area contributed by atoms with Gasteiger partial charge in [0.1, 0.15) is 5.75 Å². The highest BCUT2D eigenvalue weighted by Crippen LogP contribution is 2.23. The lowest BCUT2D eigenvalue weighted by Gasteiger charge is -2.06. The third kappa shape index (κ3) is 4.78. The van der Waals surface area contributed by atoms with Crippen LogP contribution in [0.25, 0.3) is 11.1 Å². The summed E-state index contributed by atoms with van der Waals surface area (Å²) >= 11 is 0. The lowest BCUT2D eigenvalue weighted by molar-refractivity contribution is -0.139. The van der Waals surface area contributed by atoms with Crippen LogP contribution in [0.15, 0.2) is 48.5 Å². The van der Waals surface area contributed by atoms with Gasteiger partial charge in [-0.15, -0.1) is 0 Å². The van der Waals surface area contributed by atoms with Crippen molar-refractivity contribution in [1.82, 2.24) is 0 Å². The minimum Gasteiger partial charge on any atom is -0.457 e. The number of ether oxygens (including phenoxy) is 2. The molecule has 0 saturated carbocycles. The standard InChI is InChI=1S/C18H16O5/c1-12(19)22-11-18(21)16-5-3-14(4-6-16)15-7-9-17(10-8-15)23-13(2)20/h3-10H,11H2,1-2H3. The third-order valence-electron chi connectivity index (χ3n) is 3.06. The topological polar surface area (TPSA) is 69.7 Å². The van der Waals surface area contributed by atoms with Crippen molar-refractivity contribution in [2.75, 3.05) is 6.61 Å². The van der Waals surface area contributed by atoms with Gasteiger partial charge in [0.25, 0.3) is 0 Å². The average molecular weight is 312 g/mol. The summed E-state index contributed by atoms with van der Waals surface area (Å²) in [4.78, 5) is 33.4. The molecule has 2 rings (SSSR count). The molecule has 2 aromatic rings. The molecule has 2 aromatic carbocycles. The molecule has 0 fully saturated rings. The van der Waals surface area contributed by atoms with E-state index in [0.717, 1.165) is 11.1 Å². The average Bonchev–Trinajstić information content (AvgIpc) is 2.53. The van der Waals surface area contributed by atoms with Crippen molar-refractivity contribution in [1.29, 1.82) is 0 Å². The molecule has 0 unspecified atom stereocenters. The summed E-state index contributed by atoms with van der Waals surface area (Å²) in [6.07, 6.45) is 0. The summed E-state index contributed by atoms with van der Waals surface area (Å²) in [6, 6.07) is 14.0. The van der Waals surface area contributed by atoms with Gasteiger partial charge in [0.2, 0.25) is 0 Å². The SMILES string of the molecule is CC(=O)OCC(=O)c1ccc(-c2ccc(OC(C)=O)cc2)cc1. The molecule has 0 aliphatic heterocycles. The van der Waals surface area contributed by atoms with Gasteiger partial charge in [-0.3, -0.25) is 14.4 Å². The maximum absolute atomic E-state index is 11.8. The minimum atomic E-state index is -0.483. The fourth-order valence-corrected chi connectivity index (χ4v) is 1.98. The minimum absolute atomic E-state index is 0.253. The van der Waals surface area contributed by atoms with Crippen LogP contribution in [0.1, 0.15) is 24.2 Å². The maximum atomic E-state index is 11.8. The van der Waals surface area contributed by atoms with Gasteiger partial charge in [0.15, 0.2) is 12.4 Å². The van der Waals surface area contributed by atoms with E-state index in [1.165, 1.54) is 13.8 Å². The second kappa shape index (κ2) is 7.35. The van der Waals surface area contributed by atoms with Gasteiger partial charge in [-0.1, -0.05) is 36.4 Å². The molecule has 23 heavy (non-hydrogen) atoms. The van der Waals surface area contributed by atoms with Crippen LogP contribution in [-0.4, -0.2) is 24.3 Å². The molecule has 0 heterocycles. The van der Waals surface area contributed by atoms with Gasteiger partial charge in [-0.05, 0) is 23.3 Å². The normalized spacial score (nSPS) is 10.0. The molecule has 118 valence electrons. The number of esters is 2. The summed E-state index contributed by atoms with van der Waals surface area (Å²) in [7, 11) is 0. The first kappa shape index (κ1) is 16.4. The van der Waals surface area contributed by atoms with Gasteiger partial charge >= 0.3 is 11.9 Å². The zero-order valence-electron chi connectivity index (χ0n) is 12.9. The van der Waals surface area contributed by atoms with Crippen LogP contribution < -0.4 is 4.74 Å². The van der Waals surface area contributed by atoms with E-state index in [4.69, 9.17) is 4.74 Å². The summed E-state index contributed by atoms with van der Waals surface area (Å²) in [5.74, 6) is -0.623. The summed E-state index contributed by atoms with van der Waals surface area (Å²) in [5.41, 5.74) is 2.33. The first-order chi connectivity index (χ1) is 11.0. The van der Waals surface area contributed by atoms with Crippen molar-refractivity contribution < 1.29 is 23.9 Å². The zero-order chi connectivity index (χ0) is 16.8. The fraction of sp³-hybridized carbons (Fsp3) is 0.167. The van der Waals surface area contributed by atoms with E-state index >= 15 is 0 Å². The third-order valence-corrected chi connectivity index (χ3v) is 3.06. The van der Waals surface area contributed by atoms with Crippen LogP contribution in [-0.2, 0) is 14.3 Å². The lowest BCUT2D eigenvalue weighted by Crippen LogP contribution is -2.11. The number of hydrogen-bond acceptors (Lipinski definition) is 5. The number of benzene rings is 2. The van der Waals surface area contributed by atoms with Crippen LogP contribution in [0.3, 0.4) is 0 Å². The Kier molecular flexibility index (Phi) is 5.25. The van der Waals surface area contributed by atoms with E-state index < -0.39 is 5.97 Å². The van der Waals surface area contributed by atoms with Crippen LogP contribution in [0.4, 0.5) is 0 Å². The van der Waals surface area contributed by atoms with E-state index in [2.05, 4.69) is 4.74 Å². The Bertz CT molecular complexity index is 714. The molecule has 0 radical (unpaired) electrons. The molecule has 0 saturated heterocycles. The fourth-order valence-electron chi connectivity index (χ4n) is 1.98. The van der Waals surface area contributed by atoms with Gasteiger partial charge in [-0.25, -0.2) is 0 Å². The molecule has 0 N–H and O–H groups in total. The number of Topliss-reactive ketones (excluding diaryl/α,β-unsaturated/α-hetero) is 1. The molecule has 0 bridgehead atoms. The smallest absolute Gasteiger partial charge is 0.308 e. The van der Waals surface area contributed by atoms with Crippen LogP contribution >= 0.6 is 0 Å². The molecule has 0 aromatic heterocycles. The largest absolute Gasteiger partial charge is 0.457 e. The van der Waals surface area contributed by atoms with Crippen LogP contribution in [0.2, 0.25) is 0 Å². The highest BCUT2D eigenvalue weighted by Gasteiger charge is 2.08. The molecule has 0 aliphatic carbocycles. The van der Waals surface area contributed by atoms with Crippen molar-refractivity contribution in [3.63, 3.8) is 0 Å². The van der Waals surface area contributed by atoms with E-state index in [1.54, 1.807) is 24.3 Å². The van der Waals surface area contributed by atoms with Gasteiger partial charge in [-0.2, -0.15) is 0 Å². The first-order valence-corrected chi connectivity index (χ1v) is 7.01. The number of hydrogen-bond donors (Lipinski definition) is 0. The number of carbonyl (C=O) groups excluding carboxylic acids is 3. The van der Waals surface area contributed by atoms with Crippen LogP contribution in [0.5, 0.6) is 5.75 Å². The zero-order valence-corrected chi connectivity index (χ0v) is 12.9. The second-order valence-electron chi connectivity index (χ2n) is 4.90. The molecular weight excluding hydrogens is 296 g/mol. The van der Waals surface area contributed by atoms with E-state index in [1.807, 2.05) is 24.3 Å². The van der Waals surface area contributed by atoms with Crippen molar-refractivity contribution in [3.05, 3.63) is 54.1 Å².